The van der Waals surface area contributed by atoms with E-state index in [1.165, 1.54) is 37.7 Å². The van der Waals surface area contributed by atoms with Gasteiger partial charge in [-0.3, -0.25) is 4.21 Å². The fourth-order valence-electron chi connectivity index (χ4n) is 1.47. The zero-order chi connectivity index (χ0) is 8.10. The Bertz CT molecular complexity index is 172. The zero-order valence-electron chi connectivity index (χ0n) is 7.14. The average Bonchev–Trinajstić information content (AvgIpc) is 2.14. The van der Waals surface area contributed by atoms with E-state index in [0.717, 1.165) is 5.75 Å². The van der Waals surface area contributed by atoms with Crippen LogP contribution in [0, 0.1) is 0 Å². The fraction of sp³-hybridized carbons (Fsp3) is 0.778. The fourth-order valence-corrected chi connectivity index (χ4v) is 2.26. The lowest BCUT2D eigenvalue weighted by Gasteiger charge is -2.00. The first-order valence-corrected chi connectivity index (χ1v) is 5.99. The van der Waals surface area contributed by atoms with Crippen LogP contribution in [0.4, 0.5) is 0 Å². The van der Waals surface area contributed by atoms with Crippen molar-refractivity contribution >= 4 is 10.8 Å². The monoisotopic (exact) mass is 172 g/mol. The molecule has 1 nitrogen and oxygen atoms in total. The van der Waals surface area contributed by atoms with Gasteiger partial charge in [-0.25, -0.2) is 0 Å². The van der Waals surface area contributed by atoms with Crippen molar-refractivity contribution in [3.63, 3.8) is 0 Å². The second-order valence-corrected chi connectivity index (χ2v) is 4.61. The summed E-state index contributed by atoms with van der Waals surface area (Å²) >= 11 is 0. The molecule has 0 aromatic heterocycles. The van der Waals surface area contributed by atoms with E-state index in [9.17, 15) is 4.21 Å². The minimum absolute atomic E-state index is 0.639. The number of hydrogen-bond donors (Lipinski definition) is 0. The van der Waals surface area contributed by atoms with Crippen molar-refractivity contribution in [2.75, 3.05) is 12.0 Å². The highest BCUT2D eigenvalue weighted by Crippen LogP contribution is 2.17. The summed E-state index contributed by atoms with van der Waals surface area (Å²) in [6.45, 7) is 0. The van der Waals surface area contributed by atoms with E-state index >= 15 is 0 Å². The van der Waals surface area contributed by atoms with Crippen LogP contribution < -0.4 is 0 Å². The van der Waals surface area contributed by atoms with E-state index in [1.54, 1.807) is 6.26 Å². The molecule has 0 N–H and O–H groups in total. The van der Waals surface area contributed by atoms with Gasteiger partial charge in [-0.1, -0.05) is 18.1 Å². The third-order valence-electron chi connectivity index (χ3n) is 2.02. The maximum atomic E-state index is 10.9. The second kappa shape index (κ2) is 4.70. The van der Waals surface area contributed by atoms with E-state index < -0.39 is 10.8 Å². The molecule has 1 aliphatic rings. The summed E-state index contributed by atoms with van der Waals surface area (Å²) in [4.78, 5) is 0. The van der Waals surface area contributed by atoms with Crippen LogP contribution in [-0.2, 0) is 10.8 Å². The van der Waals surface area contributed by atoms with E-state index in [2.05, 4.69) is 6.08 Å². The van der Waals surface area contributed by atoms with Crippen LogP contribution >= 0.6 is 0 Å². The smallest absolute Gasteiger partial charge is 0.0442 e. The van der Waals surface area contributed by atoms with Crippen molar-refractivity contribution < 1.29 is 4.21 Å². The standard InChI is InChI=1S/C9H16OS/c1-11(10)8-9-6-4-2-3-5-7-9/h6H,2-5,7-8H2,1H3. The van der Waals surface area contributed by atoms with Crippen LogP contribution in [-0.4, -0.2) is 16.2 Å². The number of rotatable bonds is 2. The molecule has 2 heteroatoms. The summed E-state index contributed by atoms with van der Waals surface area (Å²) in [6, 6.07) is 0. The molecule has 0 saturated carbocycles. The second-order valence-electron chi connectivity index (χ2n) is 3.18. The molecule has 0 aliphatic heterocycles. The quantitative estimate of drug-likeness (QED) is 0.584. The predicted octanol–water partition coefficient (Wildman–Crippen LogP) is 2.26. The lowest BCUT2D eigenvalue weighted by molar-refractivity contribution is 0.685. The minimum Gasteiger partial charge on any atom is -0.260 e. The van der Waals surface area contributed by atoms with Gasteiger partial charge in [0.25, 0.3) is 0 Å². The molecule has 0 saturated heterocycles. The number of hydrogen-bond acceptors (Lipinski definition) is 1. The highest BCUT2D eigenvalue weighted by atomic mass is 32.2. The zero-order valence-corrected chi connectivity index (χ0v) is 7.95. The van der Waals surface area contributed by atoms with E-state index in [0.29, 0.717) is 0 Å². The van der Waals surface area contributed by atoms with Crippen LogP contribution in [0.3, 0.4) is 0 Å². The molecule has 11 heavy (non-hydrogen) atoms. The molecule has 0 fully saturated rings. The molecule has 0 aromatic rings. The van der Waals surface area contributed by atoms with Gasteiger partial charge in [0.15, 0.2) is 0 Å². The Morgan fingerprint density at radius 2 is 2.27 bits per heavy atom. The van der Waals surface area contributed by atoms with Gasteiger partial charge in [-0.05, 0) is 25.7 Å². The molecule has 1 atom stereocenters. The van der Waals surface area contributed by atoms with Crippen LogP contribution in [0.25, 0.3) is 0 Å². The Labute approximate surface area is 71.3 Å². The van der Waals surface area contributed by atoms with Gasteiger partial charge in [-0.2, -0.15) is 0 Å². The SMILES string of the molecule is CS(=O)CC1=CCCCCC1. The van der Waals surface area contributed by atoms with Crippen molar-refractivity contribution in [1.29, 1.82) is 0 Å². The molecule has 0 spiro atoms. The van der Waals surface area contributed by atoms with E-state index in [-0.39, 0.29) is 0 Å². The van der Waals surface area contributed by atoms with E-state index in [1.807, 2.05) is 0 Å². The molecule has 0 bridgehead atoms. The molecule has 0 amide bonds. The average molecular weight is 172 g/mol. The highest BCUT2D eigenvalue weighted by molar-refractivity contribution is 7.84. The summed E-state index contributed by atoms with van der Waals surface area (Å²) in [7, 11) is -0.639. The third-order valence-corrected chi connectivity index (χ3v) is 2.80. The molecule has 0 heterocycles. The van der Waals surface area contributed by atoms with Crippen molar-refractivity contribution in [2.24, 2.45) is 0 Å². The minimum atomic E-state index is -0.639. The summed E-state index contributed by atoms with van der Waals surface area (Å²) < 4.78 is 10.9. The van der Waals surface area contributed by atoms with Crippen LogP contribution in [0.1, 0.15) is 32.1 Å². The molecular weight excluding hydrogens is 156 g/mol. The summed E-state index contributed by atoms with van der Waals surface area (Å²) in [5.41, 5.74) is 1.42. The van der Waals surface area contributed by atoms with Crippen molar-refractivity contribution in [3.05, 3.63) is 11.6 Å². The highest BCUT2D eigenvalue weighted by Gasteiger charge is 2.03. The lowest BCUT2D eigenvalue weighted by Crippen LogP contribution is -1.97. The lowest BCUT2D eigenvalue weighted by atomic mass is 10.1. The van der Waals surface area contributed by atoms with Crippen LogP contribution in [0.2, 0.25) is 0 Å². The Kier molecular flexibility index (Phi) is 3.84. The molecule has 1 aliphatic carbocycles. The van der Waals surface area contributed by atoms with E-state index in [4.69, 9.17) is 0 Å². The van der Waals surface area contributed by atoms with Gasteiger partial charge in [0, 0.05) is 22.8 Å². The molecular formula is C9H16OS. The topological polar surface area (TPSA) is 17.1 Å². The summed E-state index contributed by atoms with van der Waals surface area (Å²) in [6.07, 6.45) is 10.4. The van der Waals surface area contributed by atoms with Gasteiger partial charge >= 0.3 is 0 Å². The Morgan fingerprint density at radius 3 is 3.00 bits per heavy atom. The molecule has 0 aromatic carbocycles. The largest absolute Gasteiger partial charge is 0.260 e. The van der Waals surface area contributed by atoms with Crippen molar-refractivity contribution in [3.8, 4) is 0 Å². The maximum absolute atomic E-state index is 10.9. The first kappa shape index (κ1) is 8.98. The third kappa shape index (κ3) is 3.71. The summed E-state index contributed by atoms with van der Waals surface area (Å²) in [5.74, 6) is 0.806. The van der Waals surface area contributed by atoms with Gasteiger partial charge in [0.1, 0.15) is 0 Å². The summed E-state index contributed by atoms with van der Waals surface area (Å²) in [5, 5.41) is 0. The maximum Gasteiger partial charge on any atom is 0.0442 e. The Morgan fingerprint density at radius 1 is 1.45 bits per heavy atom. The number of allylic oxidation sites excluding steroid dienone is 1. The normalized spacial score (nSPS) is 22.1. The van der Waals surface area contributed by atoms with Gasteiger partial charge in [0.2, 0.25) is 0 Å². The molecule has 1 unspecified atom stereocenters. The van der Waals surface area contributed by atoms with Gasteiger partial charge < -0.3 is 0 Å². The molecule has 64 valence electrons. The first-order chi connectivity index (χ1) is 5.29. The predicted molar refractivity (Wildman–Crippen MR) is 50.1 cm³/mol. The van der Waals surface area contributed by atoms with Gasteiger partial charge in [0.05, 0.1) is 0 Å². The first-order valence-electron chi connectivity index (χ1n) is 4.27. The van der Waals surface area contributed by atoms with Crippen molar-refractivity contribution in [2.45, 2.75) is 32.1 Å². The Balaban J connectivity index is 2.40. The Hall–Kier alpha value is -0.110. The van der Waals surface area contributed by atoms with Crippen molar-refractivity contribution in [1.82, 2.24) is 0 Å². The molecule has 0 radical (unpaired) electrons. The van der Waals surface area contributed by atoms with Crippen LogP contribution in [0.5, 0.6) is 0 Å². The van der Waals surface area contributed by atoms with Crippen LogP contribution in [0.15, 0.2) is 11.6 Å². The van der Waals surface area contributed by atoms with Gasteiger partial charge in [-0.15, -0.1) is 0 Å². The molecule has 1 rings (SSSR count).